The lowest BCUT2D eigenvalue weighted by molar-refractivity contribution is -0.137. The molecule has 0 radical (unpaired) electrons. The third kappa shape index (κ3) is 3.20. The van der Waals surface area contributed by atoms with Gasteiger partial charge in [0.1, 0.15) is 0 Å². The van der Waals surface area contributed by atoms with Gasteiger partial charge in [0, 0.05) is 18.3 Å². The van der Waals surface area contributed by atoms with Gasteiger partial charge in [0.15, 0.2) is 0 Å². The van der Waals surface area contributed by atoms with Crippen LogP contribution in [0.5, 0.6) is 0 Å². The normalized spacial score (nSPS) is 10.6. The molecule has 0 aliphatic heterocycles. The monoisotopic (exact) mass is 259 g/mol. The number of hydrogen-bond acceptors (Lipinski definition) is 3. The van der Waals surface area contributed by atoms with Crippen LogP contribution in [0.3, 0.4) is 0 Å². The molecule has 2 rings (SSSR count). The molecule has 0 aliphatic rings. The van der Waals surface area contributed by atoms with Crippen LogP contribution in [0.15, 0.2) is 30.5 Å². The summed E-state index contributed by atoms with van der Waals surface area (Å²) >= 11 is 0. The highest BCUT2D eigenvalue weighted by atomic mass is 16.2. The quantitative estimate of drug-likeness (QED) is 0.761. The Labute approximate surface area is 111 Å². The fourth-order valence-corrected chi connectivity index (χ4v) is 1.99. The van der Waals surface area contributed by atoms with Crippen molar-refractivity contribution >= 4 is 23.2 Å². The first-order chi connectivity index (χ1) is 9.24. The number of fused-ring (bicyclic) bond motifs is 1. The number of rotatable bonds is 6. The summed E-state index contributed by atoms with van der Waals surface area (Å²) in [7, 11) is 0. The maximum absolute atomic E-state index is 12.0. The highest BCUT2D eigenvalue weighted by Gasteiger charge is 2.12. The Morgan fingerprint density at radius 3 is 2.95 bits per heavy atom. The second kappa shape index (κ2) is 6.15. The Morgan fingerprint density at radius 1 is 1.37 bits per heavy atom. The summed E-state index contributed by atoms with van der Waals surface area (Å²) in [5.41, 5.74) is 7.31. The molecule has 19 heavy (non-hydrogen) atoms. The molecule has 2 aromatic rings. The van der Waals surface area contributed by atoms with Gasteiger partial charge in [-0.2, -0.15) is 0 Å². The van der Waals surface area contributed by atoms with Crippen LogP contribution in [0.1, 0.15) is 12.0 Å². The van der Waals surface area contributed by atoms with Crippen molar-refractivity contribution in [2.24, 2.45) is 5.73 Å². The van der Waals surface area contributed by atoms with E-state index in [0.717, 1.165) is 16.5 Å². The number of imide groups is 1. The SMILES string of the molecule is NCCCN(C=O)C(=O)Cc1ccc2[nH]ccc2c1. The number of carbonyl (C=O) groups excluding carboxylic acids is 2. The van der Waals surface area contributed by atoms with Crippen molar-refractivity contribution in [1.29, 1.82) is 0 Å². The van der Waals surface area contributed by atoms with Gasteiger partial charge in [-0.3, -0.25) is 14.5 Å². The Kier molecular flexibility index (Phi) is 4.30. The van der Waals surface area contributed by atoms with E-state index in [1.807, 2.05) is 30.5 Å². The van der Waals surface area contributed by atoms with Crippen LogP contribution >= 0.6 is 0 Å². The number of amides is 2. The topological polar surface area (TPSA) is 79.2 Å². The number of hydrogen-bond donors (Lipinski definition) is 2. The number of aromatic amines is 1. The average molecular weight is 259 g/mol. The predicted molar refractivity (Wildman–Crippen MR) is 73.5 cm³/mol. The molecule has 5 nitrogen and oxygen atoms in total. The molecule has 3 N–H and O–H groups in total. The van der Waals surface area contributed by atoms with E-state index in [1.54, 1.807) is 0 Å². The number of benzene rings is 1. The number of nitrogens with one attached hydrogen (secondary N) is 1. The molecule has 1 aromatic carbocycles. The zero-order valence-electron chi connectivity index (χ0n) is 10.6. The average Bonchev–Trinajstić information content (AvgIpc) is 2.87. The molecule has 0 fully saturated rings. The van der Waals surface area contributed by atoms with E-state index < -0.39 is 0 Å². The van der Waals surface area contributed by atoms with Gasteiger partial charge in [0.25, 0.3) is 0 Å². The van der Waals surface area contributed by atoms with Crippen molar-refractivity contribution in [2.45, 2.75) is 12.8 Å². The van der Waals surface area contributed by atoms with Crippen molar-refractivity contribution in [3.05, 3.63) is 36.0 Å². The van der Waals surface area contributed by atoms with Crippen LogP contribution in [0, 0.1) is 0 Å². The van der Waals surface area contributed by atoms with Gasteiger partial charge in [-0.1, -0.05) is 6.07 Å². The van der Waals surface area contributed by atoms with Crippen LogP contribution in [-0.4, -0.2) is 35.3 Å². The highest BCUT2D eigenvalue weighted by Crippen LogP contribution is 2.15. The first-order valence-corrected chi connectivity index (χ1v) is 6.25. The first-order valence-electron chi connectivity index (χ1n) is 6.25. The third-order valence-electron chi connectivity index (χ3n) is 3.02. The molecule has 0 unspecified atom stereocenters. The lowest BCUT2D eigenvalue weighted by Gasteiger charge is -2.14. The summed E-state index contributed by atoms with van der Waals surface area (Å²) < 4.78 is 0. The summed E-state index contributed by atoms with van der Waals surface area (Å²) in [5, 5.41) is 1.06. The fourth-order valence-electron chi connectivity index (χ4n) is 1.99. The third-order valence-corrected chi connectivity index (χ3v) is 3.02. The minimum atomic E-state index is -0.196. The van der Waals surface area contributed by atoms with E-state index in [2.05, 4.69) is 4.98 Å². The van der Waals surface area contributed by atoms with Crippen molar-refractivity contribution in [3.63, 3.8) is 0 Å². The first kappa shape index (κ1) is 13.3. The van der Waals surface area contributed by atoms with Gasteiger partial charge < -0.3 is 10.7 Å². The highest BCUT2D eigenvalue weighted by molar-refractivity contribution is 5.89. The molecular formula is C14H17N3O2. The summed E-state index contributed by atoms with van der Waals surface area (Å²) in [6.45, 7) is 0.845. The minimum Gasteiger partial charge on any atom is -0.361 e. The van der Waals surface area contributed by atoms with Crippen LogP contribution in [-0.2, 0) is 16.0 Å². The molecule has 0 bridgehead atoms. The van der Waals surface area contributed by atoms with Crippen LogP contribution in [0.25, 0.3) is 10.9 Å². The molecular weight excluding hydrogens is 242 g/mol. The van der Waals surface area contributed by atoms with Gasteiger partial charge in [-0.15, -0.1) is 0 Å². The molecule has 2 amide bonds. The lowest BCUT2D eigenvalue weighted by atomic mass is 10.1. The number of H-pyrrole nitrogens is 1. The van der Waals surface area contributed by atoms with Crippen LogP contribution < -0.4 is 5.73 Å². The molecule has 5 heteroatoms. The fraction of sp³-hybridized carbons (Fsp3) is 0.286. The van der Waals surface area contributed by atoms with E-state index in [9.17, 15) is 9.59 Å². The number of aromatic nitrogens is 1. The molecule has 0 atom stereocenters. The zero-order chi connectivity index (χ0) is 13.7. The minimum absolute atomic E-state index is 0.196. The Morgan fingerprint density at radius 2 is 2.21 bits per heavy atom. The van der Waals surface area contributed by atoms with Gasteiger partial charge in [0.05, 0.1) is 6.42 Å². The molecule has 1 heterocycles. The molecule has 0 aliphatic carbocycles. The zero-order valence-corrected chi connectivity index (χ0v) is 10.6. The maximum Gasteiger partial charge on any atom is 0.233 e. The molecule has 100 valence electrons. The molecule has 0 spiro atoms. The van der Waals surface area contributed by atoms with E-state index in [0.29, 0.717) is 25.9 Å². The van der Waals surface area contributed by atoms with E-state index in [4.69, 9.17) is 5.73 Å². The Bertz CT molecular complexity index is 577. The summed E-state index contributed by atoms with van der Waals surface area (Å²) in [4.78, 5) is 27.1. The lowest BCUT2D eigenvalue weighted by Crippen LogP contribution is -2.32. The van der Waals surface area contributed by atoms with Crippen molar-refractivity contribution < 1.29 is 9.59 Å². The van der Waals surface area contributed by atoms with Crippen LogP contribution in [0.4, 0.5) is 0 Å². The Hall–Kier alpha value is -2.14. The van der Waals surface area contributed by atoms with Crippen molar-refractivity contribution in [1.82, 2.24) is 9.88 Å². The summed E-state index contributed by atoms with van der Waals surface area (Å²) in [6, 6.07) is 7.73. The second-order valence-corrected chi connectivity index (χ2v) is 4.41. The number of nitrogens with zero attached hydrogens (tertiary/aromatic N) is 1. The van der Waals surface area contributed by atoms with Crippen LogP contribution in [0.2, 0.25) is 0 Å². The van der Waals surface area contributed by atoms with Gasteiger partial charge in [-0.05, 0) is 42.1 Å². The Balaban J connectivity index is 2.06. The van der Waals surface area contributed by atoms with E-state index in [-0.39, 0.29) is 12.3 Å². The summed E-state index contributed by atoms with van der Waals surface area (Å²) in [5.74, 6) is -0.196. The van der Waals surface area contributed by atoms with E-state index in [1.165, 1.54) is 4.90 Å². The standard InChI is InChI=1S/C14H17N3O2/c15-5-1-7-17(10-18)14(19)9-11-2-3-13-12(8-11)4-6-16-13/h2-4,6,8,10,16H,1,5,7,9,15H2. The smallest absolute Gasteiger partial charge is 0.233 e. The van der Waals surface area contributed by atoms with Crippen molar-refractivity contribution in [3.8, 4) is 0 Å². The largest absolute Gasteiger partial charge is 0.361 e. The number of carbonyl (C=O) groups is 2. The molecule has 1 aromatic heterocycles. The van der Waals surface area contributed by atoms with Gasteiger partial charge in [0.2, 0.25) is 12.3 Å². The maximum atomic E-state index is 12.0. The van der Waals surface area contributed by atoms with Gasteiger partial charge in [-0.25, -0.2) is 0 Å². The molecule has 0 saturated heterocycles. The predicted octanol–water partition coefficient (Wildman–Crippen LogP) is 1.04. The number of nitrogens with two attached hydrogens (primary N) is 1. The van der Waals surface area contributed by atoms with Crippen molar-refractivity contribution in [2.75, 3.05) is 13.1 Å². The van der Waals surface area contributed by atoms with E-state index >= 15 is 0 Å². The summed E-state index contributed by atoms with van der Waals surface area (Å²) in [6.07, 6.45) is 3.29. The van der Waals surface area contributed by atoms with Gasteiger partial charge >= 0.3 is 0 Å². The second-order valence-electron chi connectivity index (χ2n) is 4.41. The molecule has 0 saturated carbocycles.